The zero-order chi connectivity index (χ0) is 12.7. The van der Waals surface area contributed by atoms with Gasteiger partial charge in [-0.25, -0.2) is 0 Å². The Labute approximate surface area is 107 Å². The summed E-state index contributed by atoms with van der Waals surface area (Å²) < 4.78 is 4.87. The van der Waals surface area contributed by atoms with Crippen LogP contribution in [0.3, 0.4) is 0 Å². The SMILES string of the molecule is CCCCC(C(=O)OC)N(C)Cc1cccs1. The van der Waals surface area contributed by atoms with Gasteiger partial charge in [0.25, 0.3) is 0 Å². The molecule has 1 atom stereocenters. The molecular formula is C13H21NO2S. The molecule has 96 valence electrons. The molecule has 0 saturated heterocycles. The molecule has 1 rings (SSSR count). The van der Waals surface area contributed by atoms with E-state index in [0.29, 0.717) is 0 Å². The number of carbonyl (C=O) groups excluding carboxylic acids is 1. The number of unbranched alkanes of at least 4 members (excludes halogenated alkanes) is 1. The van der Waals surface area contributed by atoms with Crippen LogP contribution in [0.2, 0.25) is 0 Å². The molecule has 0 amide bonds. The summed E-state index contributed by atoms with van der Waals surface area (Å²) in [6, 6.07) is 4.00. The van der Waals surface area contributed by atoms with Crippen LogP contribution in [-0.4, -0.2) is 31.1 Å². The number of likely N-dealkylation sites (N-methyl/N-ethyl adjacent to an activating group) is 1. The van der Waals surface area contributed by atoms with E-state index in [9.17, 15) is 4.79 Å². The van der Waals surface area contributed by atoms with E-state index in [1.54, 1.807) is 11.3 Å². The number of hydrogen-bond donors (Lipinski definition) is 0. The van der Waals surface area contributed by atoms with Crippen molar-refractivity contribution in [1.82, 2.24) is 4.90 Å². The van der Waals surface area contributed by atoms with Crippen molar-refractivity contribution in [3.05, 3.63) is 22.4 Å². The Morgan fingerprint density at radius 2 is 2.35 bits per heavy atom. The fraction of sp³-hybridized carbons (Fsp3) is 0.615. The highest BCUT2D eigenvalue weighted by Gasteiger charge is 2.23. The van der Waals surface area contributed by atoms with Crippen LogP contribution >= 0.6 is 11.3 Å². The average molecular weight is 255 g/mol. The number of thiophene rings is 1. The molecular weight excluding hydrogens is 234 g/mol. The van der Waals surface area contributed by atoms with Gasteiger partial charge in [0.2, 0.25) is 0 Å². The van der Waals surface area contributed by atoms with Crippen LogP contribution in [0, 0.1) is 0 Å². The van der Waals surface area contributed by atoms with Gasteiger partial charge in [-0.1, -0.05) is 25.8 Å². The lowest BCUT2D eigenvalue weighted by Gasteiger charge is -2.25. The lowest BCUT2D eigenvalue weighted by Crippen LogP contribution is -2.38. The van der Waals surface area contributed by atoms with Gasteiger partial charge in [-0.3, -0.25) is 9.69 Å². The summed E-state index contributed by atoms with van der Waals surface area (Å²) in [5.74, 6) is -0.127. The van der Waals surface area contributed by atoms with Crippen LogP contribution in [0.1, 0.15) is 31.1 Å². The standard InChI is InChI=1S/C13H21NO2S/c1-4-5-8-12(13(15)16-3)14(2)10-11-7-6-9-17-11/h6-7,9,12H,4-5,8,10H2,1-3H3. The number of hydrogen-bond acceptors (Lipinski definition) is 4. The lowest BCUT2D eigenvalue weighted by molar-refractivity contribution is -0.147. The number of methoxy groups -OCH3 is 1. The largest absolute Gasteiger partial charge is 0.468 e. The first kappa shape index (κ1) is 14.2. The fourth-order valence-corrected chi connectivity index (χ4v) is 2.58. The molecule has 1 aromatic heterocycles. The minimum absolute atomic E-state index is 0.123. The van der Waals surface area contributed by atoms with Gasteiger partial charge >= 0.3 is 5.97 Å². The Kier molecular flexibility index (Phi) is 6.22. The number of carbonyl (C=O) groups is 1. The maximum Gasteiger partial charge on any atom is 0.323 e. The molecule has 3 nitrogen and oxygen atoms in total. The molecule has 4 heteroatoms. The van der Waals surface area contributed by atoms with Crippen molar-refractivity contribution in [3.8, 4) is 0 Å². The molecule has 17 heavy (non-hydrogen) atoms. The van der Waals surface area contributed by atoms with E-state index in [0.717, 1.165) is 25.8 Å². The Bertz CT molecular complexity index is 324. The predicted molar refractivity (Wildman–Crippen MR) is 71.1 cm³/mol. The molecule has 0 saturated carbocycles. The summed E-state index contributed by atoms with van der Waals surface area (Å²) >= 11 is 1.72. The molecule has 0 aromatic carbocycles. The lowest BCUT2D eigenvalue weighted by atomic mass is 10.1. The van der Waals surface area contributed by atoms with Gasteiger partial charge in [0.05, 0.1) is 7.11 Å². The van der Waals surface area contributed by atoms with Crippen molar-refractivity contribution in [1.29, 1.82) is 0 Å². The van der Waals surface area contributed by atoms with Crippen LogP contribution < -0.4 is 0 Å². The van der Waals surface area contributed by atoms with Crippen LogP contribution in [0.25, 0.3) is 0 Å². The minimum Gasteiger partial charge on any atom is -0.468 e. The highest BCUT2D eigenvalue weighted by Crippen LogP contribution is 2.16. The third-order valence-electron chi connectivity index (χ3n) is 2.82. The summed E-state index contributed by atoms with van der Waals surface area (Å²) in [6.07, 6.45) is 3.01. The third-order valence-corrected chi connectivity index (χ3v) is 3.68. The van der Waals surface area contributed by atoms with Gasteiger partial charge < -0.3 is 4.74 Å². The molecule has 0 N–H and O–H groups in total. The molecule has 0 radical (unpaired) electrons. The number of nitrogens with zero attached hydrogens (tertiary/aromatic N) is 1. The van der Waals surface area contributed by atoms with Gasteiger partial charge in [0.15, 0.2) is 0 Å². The maximum absolute atomic E-state index is 11.7. The molecule has 0 bridgehead atoms. The highest BCUT2D eigenvalue weighted by atomic mass is 32.1. The predicted octanol–water partition coefficient (Wildman–Crippen LogP) is 2.91. The fourth-order valence-electron chi connectivity index (χ4n) is 1.81. The van der Waals surface area contributed by atoms with Crippen molar-refractivity contribution in [2.45, 2.75) is 38.8 Å². The maximum atomic E-state index is 11.7. The second-order valence-electron chi connectivity index (χ2n) is 4.18. The molecule has 0 fully saturated rings. The molecule has 0 spiro atoms. The van der Waals surface area contributed by atoms with Gasteiger partial charge in [0, 0.05) is 11.4 Å². The zero-order valence-corrected chi connectivity index (χ0v) is 11.6. The van der Waals surface area contributed by atoms with Gasteiger partial charge in [-0.2, -0.15) is 0 Å². The van der Waals surface area contributed by atoms with Crippen LogP contribution in [0.5, 0.6) is 0 Å². The Balaban J connectivity index is 2.58. The third kappa shape index (κ3) is 4.48. The Morgan fingerprint density at radius 1 is 1.59 bits per heavy atom. The van der Waals surface area contributed by atoms with E-state index in [1.165, 1.54) is 12.0 Å². The summed E-state index contributed by atoms with van der Waals surface area (Å²) in [6.45, 7) is 2.94. The molecule has 0 aliphatic heterocycles. The molecule has 0 aliphatic rings. The first-order chi connectivity index (χ1) is 8.19. The minimum atomic E-state index is -0.127. The molecule has 1 unspecified atom stereocenters. The van der Waals surface area contributed by atoms with Gasteiger partial charge in [0.1, 0.15) is 6.04 Å². The Morgan fingerprint density at radius 3 is 2.88 bits per heavy atom. The second-order valence-corrected chi connectivity index (χ2v) is 5.21. The second kappa shape index (κ2) is 7.45. The van der Waals surface area contributed by atoms with Gasteiger partial charge in [-0.05, 0) is 24.9 Å². The van der Waals surface area contributed by atoms with E-state index >= 15 is 0 Å². The topological polar surface area (TPSA) is 29.5 Å². The van der Waals surface area contributed by atoms with Crippen molar-refractivity contribution in [2.24, 2.45) is 0 Å². The number of rotatable bonds is 7. The zero-order valence-electron chi connectivity index (χ0n) is 10.8. The summed E-state index contributed by atoms with van der Waals surface area (Å²) in [5, 5.41) is 2.06. The quantitative estimate of drug-likeness (QED) is 0.702. The average Bonchev–Trinajstić information content (AvgIpc) is 2.81. The number of esters is 1. The van der Waals surface area contributed by atoms with E-state index < -0.39 is 0 Å². The monoisotopic (exact) mass is 255 g/mol. The van der Waals surface area contributed by atoms with Crippen LogP contribution in [0.15, 0.2) is 17.5 Å². The molecule has 0 aliphatic carbocycles. The summed E-state index contributed by atoms with van der Waals surface area (Å²) in [7, 11) is 3.44. The normalized spacial score (nSPS) is 12.7. The number of ether oxygens (including phenoxy) is 1. The van der Waals surface area contributed by atoms with Crippen molar-refractivity contribution in [3.63, 3.8) is 0 Å². The highest BCUT2D eigenvalue weighted by molar-refractivity contribution is 7.09. The molecule has 1 heterocycles. The summed E-state index contributed by atoms with van der Waals surface area (Å²) in [5.41, 5.74) is 0. The van der Waals surface area contributed by atoms with Crippen LogP contribution in [0.4, 0.5) is 0 Å². The van der Waals surface area contributed by atoms with E-state index in [2.05, 4.69) is 23.3 Å². The van der Waals surface area contributed by atoms with Crippen molar-refractivity contribution < 1.29 is 9.53 Å². The van der Waals surface area contributed by atoms with E-state index in [-0.39, 0.29) is 12.0 Å². The van der Waals surface area contributed by atoms with E-state index in [4.69, 9.17) is 4.74 Å². The van der Waals surface area contributed by atoms with Crippen molar-refractivity contribution in [2.75, 3.05) is 14.2 Å². The van der Waals surface area contributed by atoms with Gasteiger partial charge in [-0.15, -0.1) is 11.3 Å². The first-order valence-electron chi connectivity index (χ1n) is 5.99. The van der Waals surface area contributed by atoms with E-state index in [1.807, 2.05) is 13.1 Å². The first-order valence-corrected chi connectivity index (χ1v) is 6.87. The smallest absolute Gasteiger partial charge is 0.323 e. The van der Waals surface area contributed by atoms with Crippen molar-refractivity contribution >= 4 is 17.3 Å². The Hall–Kier alpha value is -0.870. The van der Waals surface area contributed by atoms with Crippen LogP contribution in [-0.2, 0) is 16.1 Å². The summed E-state index contributed by atoms with van der Waals surface area (Å²) in [4.78, 5) is 15.1. The molecule has 1 aromatic rings.